The van der Waals surface area contributed by atoms with Crippen LogP contribution in [0.5, 0.6) is 0 Å². The summed E-state index contributed by atoms with van der Waals surface area (Å²) < 4.78 is 5.18. The molecule has 0 radical (unpaired) electrons. The maximum Gasteiger partial charge on any atom is 0.407 e. The first-order valence-electron chi connectivity index (χ1n) is 6.90. The van der Waals surface area contributed by atoms with Gasteiger partial charge in [-0.2, -0.15) is 5.48 Å². The Bertz CT molecular complexity index is 341. The van der Waals surface area contributed by atoms with Gasteiger partial charge in [0.25, 0.3) is 0 Å². The van der Waals surface area contributed by atoms with E-state index < -0.39 is 17.6 Å². The standard InChI is InChI=1S/C13H25N3O4/c1-13(2,3)20-12(18)15-7-9-5-4-6-10(9)16-19-8-11(14)17/h9-10,16H,4-8H2,1-3H3,(H2,14,17)(H,15,18). The predicted molar refractivity (Wildman–Crippen MR) is 73.6 cm³/mol. The van der Waals surface area contributed by atoms with Crippen LogP contribution in [0.25, 0.3) is 0 Å². The highest BCUT2D eigenvalue weighted by Gasteiger charge is 2.28. The lowest BCUT2D eigenvalue weighted by molar-refractivity contribution is -0.126. The fraction of sp³-hybridized carbons (Fsp3) is 0.846. The van der Waals surface area contributed by atoms with Crippen molar-refractivity contribution >= 4 is 12.0 Å². The van der Waals surface area contributed by atoms with Crippen molar-refractivity contribution < 1.29 is 19.2 Å². The summed E-state index contributed by atoms with van der Waals surface area (Å²) in [5.74, 6) is -0.255. The summed E-state index contributed by atoms with van der Waals surface area (Å²) in [5.41, 5.74) is 7.34. The number of nitrogens with two attached hydrogens (primary N) is 1. The summed E-state index contributed by atoms with van der Waals surface area (Å²) in [6.45, 7) is 5.84. The van der Waals surface area contributed by atoms with E-state index in [-0.39, 0.29) is 18.6 Å². The van der Waals surface area contributed by atoms with E-state index in [0.29, 0.717) is 6.54 Å². The number of carbonyl (C=O) groups is 2. The topological polar surface area (TPSA) is 103 Å². The van der Waals surface area contributed by atoms with Crippen LogP contribution in [0, 0.1) is 5.92 Å². The maximum absolute atomic E-state index is 11.6. The molecule has 1 fully saturated rings. The van der Waals surface area contributed by atoms with Crippen LogP contribution in [0.4, 0.5) is 4.79 Å². The van der Waals surface area contributed by atoms with Crippen molar-refractivity contribution in [1.29, 1.82) is 0 Å². The zero-order valence-electron chi connectivity index (χ0n) is 12.4. The summed E-state index contributed by atoms with van der Waals surface area (Å²) >= 11 is 0. The Kier molecular flexibility index (Phi) is 6.22. The summed E-state index contributed by atoms with van der Waals surface area (Å²) in [4.78, 5) is 27.2. The van der Waals surface area contributed by atoms with Gasteiger partial charge in [0.1, 0.15) is 12.2 Å². The van der Waals surface area contributed by atoms with Gasteiger partial charge in [0.2, 0.25) is 5.91 Å². The number of rotatable bonds is 6. The highest BCUT2D eigenvalue weighted by atomic mass is 16.6. The first kappa shape index (κ1) is 16.7. The van der Waals surface area contributed by atoms with Gasteiger partial charge in [-0.1, -0.05) is 6.42 Å². The molecule has 0 spiro atoms. The van der Waals surface area contributed by atoms with Gasteiger partial charge in [0.05, 0.1) is 0 Å². The Hall–Kier alpha value is -1.34. The average molecular weight is 287 g/mol. The fourth-order valence-corrected chi connectivity index (χ4v) is 2.18. The highest BCUT2D eigenvalue weighted by Crippen LogP contribution is 2.25. The molecule has 7 heteroatoms. The Balaban J connectivity index is 2.27. The first-order valence-corrected chi connectivity index (χ1v) is 6.90. The summed E-state index contributed by atoms with van der Waals surface area (Å²) in [5, 5.41) is 2.76. The van der Waals surface area contributed by atoms with E-state index in [1.165, 1.54) is 0 Å². The molecule has 116 valence electrons. The number of ether oxygens (including phenoxy) is 1. The lowest BCUT2D eigenvalue weighted by atomic mass is 10.0. The number of primary amides is 1. The first-order chi connectivity index (χ1) is 9.28. The predicted octanol–water partition coefficient (Wildman–Crippen LogP) is 0.686. The molecule has 20 heavy (non-hydrogen) atoms. The van der Waals surface area contributed by atoms with Crippen LogP contribution in [0.3, 0.4) is 0 Å². The zero-order chi connectivity index (χ0) is 15.2. The lowest BCUT2D eigenvalue weighted by Gasteiger charge is -2.23. The number of amides is 2. The van der Waals surface area contributed by atoms with E-state index in [9.17, 15) is 9.59 Å². The molecule has 1 rings (SSSR count). The van der Waals surface area contributed by atoms with E-state index in [2.05, 4.69) is 10.8 Å². The van der Waals surface area contributed by atoms with Crippen LogP contribution in [0.2, 0.25) is 0 Å². The number of carbonyl (C=O) groups excluding carboxylic acids is 2. The fourth-order valence-electron chi connectivity index (χ4n) is 2.18. The number of hydrogen-bond acceptors (Lipinski definition) is 5. The quantitative estimate of drug-likeness (QED) is 0.624. The SMILES string of the molecule is CC(C)(C)OC(=O)NCC1CCCC1NOCC(N)=O. The number of nitrogens with one attached hydrogen (secondary N) is 2. The summed E-state index contributed by atoms with van der Waals surface area (Å²) in [6, 6.07) is 0.115. The van der Waals surface area contributed by atoms with Crippen molar-refractivity contribution in [2.45, 2.75) is 51.7 Å². The molecule has 0 saturated heterocycles. The van der Waals surface area contributed by atoms with Gasteiger partial charge in [-0.25, -0.2) is 4.79 Å². The summed E-state index contributed by atoms with van der Waals surface area (Å²) in [7, 11) is 0. The molecular weight excluding hydrogens is 262 g/mol. The third kappa shape index (κ3) is 6.72. The van der Waals surface area contributed by atoms with Gasteiger partial charge in [-0.3, -0.25) is 9.63 Å². The van der Waals surface area contributed by atoms with Gasteiger partial charge in [0.15, 0.2) is 0 Å². The van der Waals surface area contributed by atoms with Crippen molar-refractivity contribution in [3.05, 3.63) is 0 Å². The molecular formula is C13H25N3O4. The molecule has 1 aliphatic carbocycles. The second kappa shape index (κ2) is 7.44. The molecule has 0 aromatic rings. The van der Waals surface area contributed by atoms with E-state index in [4.69, 9.17) is 15.3 Å². The molecule has 0 aromatic heterocycles. The lowest BCUT2D eigenvalue weighted by Crippen LogP contribution is -2.41. The van der Waals surface area contributed by atoms with Crippen molar-refractivity contribution in [2.75, 3.05) is 13.2 Å². The van der Waals surface area contributed by atoms with Crippen molar-refractivity contribution in [2.24, 2.45) is 11.7 Å². The van der Waals surface area contributed by atoms with Gasteiger partial charge in [-0.15, -0.1) is 0 Å². The van der Waals surface area contributed by atoms with E-state index in [1.807, 2.05) is 20.8 Å². The molecule has 0 aromatic carbocycles. The molecule has 0 bridgehead atoms. The Labute approximate surface area is 119 Å². The third-order valence-corrected chi connectivity index (χ3v) is 3.02. The van der Waals surface area contributed by atoms with Crippen LogP contribution in [-0.2, 0) is 14.4 Å². The highest BCUT2D eigenvalue weighted by molar-refractivity contribution is 5.74. The van der Waals surface area contributed by atoms with Crippen molar-refractivity contribution in [3.8, 4) is 0 Å². The minimum absolute atomic E-state index is 0.115. The molecule has 1 aliphatic rings. The smallest absolute Gasteiger partial charge is 0.407 e. The zero-order valence-corrected chi connectivity index (χ0v) is 12.4. The normalized spacial score (nSPS) is 22.6. The number of hydrogen-bond donors (Lipinski definition) is 3. The van der Waals surface area contributed by atoms with Gasteiger partial charge in [0, 0.05) is 12.6 Å². The summed E-state index contributed by atoms with van der Waals surface area (Å²) in [6.07, 6.45) is 2.58. The monoisotopic (exact) mass is 287 g/mol. The molecule has 2 amide bonds. The Morgan fingerprint density at radius 1 is 1.30 bits per heavy atom. The Morgan fingerprint density at radius 2 is 2.00 bits per heavy atom. The molecule has 2 atom stereocenters. The largest absolute Gasteiger partial charge is 0.444 e. The van der Waals surface area contributed by atoms with Crippen LogP contribution in [0.15, 0.2) is 0 Å². The van der Waals surface area contributed by atoms with Crippen molar-refractivity contribution in [3.63, 3.8) is 0 Å². The minimum atomic E-state index is -0.515. The van der Waals surface area contributed by atoms with E-state index in [1.54, 1.807) is 0 Å². The molecule has 7 nitrogen and oxygen atoms in total. The van der Waals surface area contributed by atoms with Crippen LogP contribution >= 0.6 is 0 Å². The number of hydroxylamine groups is 1. The second-order valence-corrected chi connectivity index (χ2v) is 6.05. The van der Waals surface area contributed by atoms with Gasteiger partial charge in [-0.05, 0) is 39.5 Å². The van der Waals surface area contributed by atoms with Crippen LogP contribution in [-0.4, -0.2) is 36.8 Å². The molecule has 2 unspecified atom stereocenters. The van der Waals surface area contributed by atoms with Gasteiger partial charge >= 0.3 is 6.09 Å². The third-order valence-electron chi connectivity index (χ3n) is 3.02. The molecule has 0 heterocycles. The van der Waals surface area contributed by atoms with Gasteiger partial charge < -0.3 is 15.8 Å². The minimum Gasteiger partial charge on any atom is -0.444 e. The Morgan fingerprint density at radius 3 is 2.60 bits per heavy atom. The average Bonchev–Trinajstić information content (AvgIpc) is 2.71. The second-order valence-electron chi connectivity index (χ2n) is 6.05. The molecule has 1 saturated carbocycles. The van der Waals surface area contributed by atoms with E-state index in [0.717, 1.165) is 19.3 Å². The molecule has 0 aliphatic heterocycles. The number of alkyl carbamates (subject to hydrolysis) is 1. The molecule has 4 N–H and O–H groups in total. The van der Waals surface area contributed by atoms with Crippen LogP contribution < -0.4 is 16.5 Å². The van der Waals surface area contributed by atoms with Crippen molar-refractivity contribution in [1.82, 2.24) is 10.8 Å². The van der Waals surface area contributed by atoms with Crippen LogP contribution in [0.1, 0.15) is 40.0 Å². The maximum atomic E-state index is 11.6. The van der Waals surface area contributed by atoms with E-state index >= 15 is 0 Å².